The van der Waals surface area contributed by atoms with E-state index in [9.17, 15) is 33.6 Å². The zero-order valence-electron chi connectivity index (χ0n) is 27.4. The van der Waals surface area contributed by atoms with Gasteiger partial charge in [0, 0.05) is 16.0 Å². The number of fused-ring (bicyclic) bond motifs is 4. The van der Waals surface area contributed by atoms with Crippen molar-refractivity contribution in [2.24, 2.45) is 0 Å². The van der Waals surface area contributed by atoms with Crippen LogP contribution >= 0.6 is 35.3 Å². The fourth-order valence-electron chi connectivity index (χ4n) is 6.30. The number of ether oxygens (including phenoxy) is 4. The molecular formula is C34H28N2O11S3. The number of rotatable bonds is 6. The summed E-state index contributed by atoms with van der Waals surface area (Å²) in [6.45, 7) is 2.81. The molecule has 4 heterocycles. The van der Waals surface area contributed by atoms with Crippen molar-refractivity contribution in [3.63, 3.8) is 0 Å². The van der Waals surface area contributed by atoms with E-state index in [0.29, 0.717) is 21.7 Å². The smallest absolute Gasteiger partial charge is 0.345 e. The van der Waals surface area contributed by atoms with Crippen molar-refractivity contribution in [2.45, 2.75) is 23.5 Å². The maximum absolute atomic E-state index is 14.4. The number of hydrogen-bond acceptors (Lipinski definition) is 14. The number of nitrogens with zero attached hydrogens (tertiary/aromatic N) is 2. The third-order valence-electron chi connectivity index (χ3n) is 8.47. The van der Waals surface area contributed by atoms with Crippen molar-refractivity contribution < 1.29 is 52.5 Å². The molecule has 2 aromatic rings. The molecule has 0 N–H and O–H groups in total. The molecule has 0 aliphatic carbocycles. The molecule has 0 bridgehead atoms. The highest BCUT2D eigenvalue weighted by Gasteiger charge is 2.62. The summed E-state index contributed by atoms with van der Waals surface area (Å²) >= 11 is 2.50. The number of anilines is 1. The van der Waals surface area contributed by atoms with E-state index in [-0.39, 0.29) is 31.4 Å². The molecule has 4 aliphatic heterocycles. The molecule has 0 aromatic heterocycles. The number of hydrogen-bond donors (Lipinski definition) is 0. The largest absolute Gasteiger partial charge is 0.466 e. The van der Waals surface area contributed by atoms with Gasteiger partial charge in [-0.05, 0) is 32.0 Å². The average molecular weight is 737 g/mol. The molecule has 0 saturated heterocycles. The second kappa shape index (κ2) is 12.8. The summed E-state index contributed by atoms with van der Waals surface area (Å²) < 4.78 is 18.6. The van der Waals surface area contributed by atoms with E-state index in [1.807, 2.05) is 0 Å². The number of thioether (sulfide) groups is 3. The molecule has 6 rings (SSSR count). The standard InChI is InChI=1S/C34H28N2O11S3/c1-33(2)26-21(18-13-9-10-14-19(18)36(33)20(37)15-35-27(38)16-11-7-8-12-17(16)28(35)39)34(22(29(40)44-3)23(48-26)30(41)45-4)49-24(31(42)46-5)25(50-34)32(43)47-6/h7-14H,15H2,1-6H3. The van der Waals surface area contributed by atoms with Crippen LogP contribution in [0.2, 0.25) is 0 Å². The Labute approximate surface area is 298 Å². The summed E-state index contributed by atoms with van der Waals surface area (Å²) in [6.07, 6.45) is 0. The second-order valence-corrected chi connectivity index (χ2v) is 15.2. The Balaban J connectivity index is 1.57. The molecule has 50 heavy (non-hydrogen) atoms. The molecule has 2 aromatic carbocycles. The lowest BCUT2D eigenvalue weighted by atomic mass is 9.83. The van der Waals surface area contributed by atoms with Gasteiger partial charge in [0.15, 0.2) is 0 Å². The van der Waals surface area contributed by atoms with Crippen LogP contribution in [0.3, 0.4) is 0 Å². The number of carbonyl (C=O) groups is 7. The Morgan fingerprint density at radius 2 is 1.12 bits per heavy atom. The molecule has 0 saturated carbocycles. The highest BCUT2D eigenvalue weighted by Crippen LogP contribution is 2.71. The third kappa shape index (κ3) is 5.07. The highest BCUT2D eigenvalue weighted by molar-refractivity contribution is 8.26. The van der Waals surface area contributed by atoms with Gasteiger partial charge in [0.25, 0.3) is 11.8 Å². The van der Waals surface area contributed by atoms with Crippen LogP contribution in [0.1, 0.15) is 40.1 Å². The van der Waals surface area contributed by atoms with Gasteiger partial charge in [0.1, 0.15) is 25.3 Å². The summed E-state index contributed by atoms with van der Waals surface area (Å²) in [4.78, 5) is 96.8. The Hall–Kier alpha value is -4.80. The summed E-state index contributed by atoms with van der Waals surface area (Å²) in [7, 11) is 4.53. The Bertz CT molecular complexity index is 1980. The lowest BCUT2D eigenvalue weighted by Gasteiger charge is -2.50. The van der Waals surface area contributed by atoms with Crippen molar-refractivity contribution in [1.29, 1.82) is 0 Å². The number of methoxy groups -OCH3 is 4. The SMILES string of the molecule is COC(=O)C1=C(C(=O)OC)SC2(S1)C(C(=O)OC)=C(C(=O)OC)SC1=C2c2ccccc2N(C(=O)CN2C(=O)c3ccccc3C2=O)C1(C)C. The highest BCUT2D eigenvalue weighted by atomic mass is 32.2. The van der Waals surface area contributed by atoms with Gasteiger partial charge in [-0.3, -0.25) is 19.3 Å². The molecule has 0 unspecified atom stereocenters. The number of esters is 4. The van der Waals surface area contributed by atoms with Crippen LogP contribution in [-0.2, 0) is 42.9 Å². The summed E-state index contributed by atoms with van der Waals surface area (Å²) in [5.41, 5.74) is -0.0158. The van der Waals surface area contributed by atoms with Crippen LogP contribution < -0.4 is 4.90 Å². The predicted octanol–water partition coefficient (Wildman–Crippen LogP) is 3.90. The van der Waals surface area contributed by atoms with Crippen LogP contribution in [0.15, 0.2) is 73.7 Å². The van der Waals surface area contributed by atoms with Gasteiger partial charge >= 0.3 is 23.9 Å². The Morgan fingerprint density at radius 1 is 0.660 bits per heavy atom. The van der Waals surface area contributed by atoms with Gasteiger partial charge in [-0.1, -0.05) is 65.6 Å². The molecule has 0 fully saturated rings. The first kappa shape index (κ1) is 35.0. The number of imide groups is 1. The second-order valence-electron chi connectivity index (χ2n) is 11.5. The van der Waals surface area contributed by atoms with E-state index in [4.69, 9.17) is 18.9 Å². The minimum Gasteiger partial charge on any atom is -0.466 e. The van der Waals surface area contributed by atoms with Crippen LogP contribution in [-0.4, -0.2) is 91.1 Å². The first-order chi connectivity index (χ1) is 23.8. The number of carbonyl (C=O) groups excluding carboxylic acids is 7. The molecule has 1 spiro atoms. The fourth-order valence-corrected chi connectivity index (χ4v) is 11.4. The molecule has 13 nitrogen and oxygen atoms in total. The van der Waals surface area contributed by atoms with Gasteiger partial charge in [-0.2, -0.15) is 0 Å². The monoisotopic (exact) mass is 736 g/mol. The molecule has 3 amide bonds. The van der Waals surface area contributed by atoms with Gasteiger partial charge in [-0.25, -0.2) is 19.2 Å². The average Bonchev–Trinajstić information content (AvgIpc) is 3.62. The normalized spacial score (nSPS) is 18.5. The third-order valence-corrected chi connectivity index (χ3v) is 13.1. The summed E-state index contributed by atoms with van der Waals surface area (Å²) in [6, 6.07) is 13.0. The number of amides is 3. The molecule has 258 valence electrons. The first-order valence-corrected chi connectivity index (χ1v) is 17.2. The van der Waals surface area contributed by atoms with Crippen molar-refractivity contribution in [1.82, 2.24) is 4.90 Å². The van der Waals surface area contributed by atoms with E-state index in [2.05, 4.69) is 0 Å². The summed E-state index contributed by atoms with van der Waals surface area (Å²) in [5, 5.41) is 0. The minimum atomic E-state index is -1.74. The van der Waals surface area contributed by atoms with Gasteiger partial charge in [0.05, 0.1) is 56.4 Å². The van der Waals surface area contributed by atoms with Crippen molar-refractivity contribution >= 4 is 88.1 Å². The van der Waals surface area contributed by atoms with Crippen LogP contribution in [0.25, 0.3) is 5.57 Å². The van der Waals surface area contributed by atoms with E-state index >= 15 is 0 Å². The molecule has 0 atom stereocenters. The van der Waals surface area contributed by atoms with Crippen molar-refractivity contribution in [2.75, 3.05) is 39.9 Å². The Morgan fingerprint density at radius 3 is 1.62 bits per heavy atom. The quantitative estimate of drug-likeness (QED) is 0.238. The molecule has 16 heteroatoms. The lowest BCUT2D eigenvalue weighted by molar-refractivity contribution is -0.138. The minimum absolute atomic E-state index is 0.173. The predicted molar refractivity (Wildman–Crippen MR) is 184 cm³/mol. The van der Waals surface area contributed by atoms with Crippen molar-refractivity contribution in [3.05, 3.63) is 90.4 Å². The van der Waals surface area contributed by atoms with Gasteiger partial charge < -0.3 is 23.8 Å². The van der Waals surface area contributed by atoms with Gasteiger partial charge in [-0.15, -0.1) is 0 Å². The molecule has 4 aliphatic rings. The van der Waals surface area contributed by atoms with E-state index < -0.39 is 57.8 Å². The molecule has 0 radical (unpaired) electrons. The first-order valence-electron chi connectivity index (χ1n) is 14.8. The Kier molecular flexibility index (Phi) is 8.99. The topological polar surface area (TPSA) is 163 Å². The van der Waals surface area contributed by atoms with E-state index in [1.165, 1.54) is 17.0 Å². The summed E-state index contributed by atoms with van der Waals surface area (Å²) in [5.74, 6) is -5.44. The number of para-hydroxylation sites is 1. The van der Waals surface area contributed by atoms with E-state index in [0.717, 1.165) is 68.6 Å². The van der Waals surface area contributed by atoms with Crippen LogP contribution in [0.5, 0.6) is 0 Å². The maximum atomic E-state index is 14.4. The molecular weight excluding hydrogens is 709 g/mol. The lowest BCUT2D eigenvalue weighted by Crippen LogP contribution is -2.56. The fraction of sp³-hybridized carbons (Fsp3) is 0.265. The van der Waals surface area contributed by atoms with Crippen molar-refractivity contribution in [3.8, 4) is 0 Å². The number of benzene rings is 2. The van der Waals surface area contributed by atoms with Gasteiger partial charge in [0.2, 0.25) is 5.91 Å². The van der Waals surface area contributed by atoms with Crippen LogP contribution in [0.4, 0.5) is 5.69 Å². The zero-order chi connectivity index (χ0) is 36.3. The van der Waals surface area contributed by atoms with Crippen LogP contribution in [0, 0.1) is 0 Å². The zero-order valence-corrected chi connectivity index (χ0v) is 29.9. The van der Waals surface area contributed by atoms with E-state index in [1.54, 1.807) is 50.2 Å². The maximum Gasteiger partial charge on any atom is 0.345 e.